The fourth-order valence-electron chi connectivity index (χ4n) is 2.29. The first-order valence-corrected chi connectivity index (χ1v) is 9.37. The molecule has 1 aromatic carbocycles. The lowest BCUT2D eigenvalue weighted by Gasteiger charge is -2.10. The van der Waals surface area contributed by atoms with Crippen molar-refractivity contribution in [2.45, 2.75) is 17.9 Å². The number of hydrogen-bond donors (Lipinski definition) is 2. The molecule has 0 atom stereocenters. The molecular weight excluding hydrogens is 368 g/mol. The summed E-state index contributed by atoms with van der Waals surface area (Å²) in [5.41, 5.74) is 0.613. The maximum atomic E-state index is 12.1. The van der Waals surface area contributed by atoms with Crippen LogP contribution in [0.25, 0.3) is 0 Å². The largest absolute Gasteiger partial charge is 0.493 e. The lowest BCUT2D eigenvalue weighted by molar-refractivity contribution is -0.117. The Bertz CT molecular complexity index is 825. The summed E-state index contributed by atoms with van der Waals surface area (Å²) in [6.07, 6.45) is 1.87. The summed E-state index contributed by atoms with van der Waals surface area (Å²) < 4.78 is 10.4. The van der Waals surface area contributed by atoms with Crippen LogP contribution in [0.4, 0.5) is 11.5 Å². The molecule has 0 unspecified atom stereocenters. The molecule has 1 aromatic heterocycles. The summed E-state index contributed by atoms with van der Waals surface area (Å²) >= 11 is 1.26. The molecule has 1 aliphatic carbocycles. The van der Waals surface area contributed by atoms with Gasteiger partial charge in [0.1, 0.15) is 5.03 Å². The predicted octanol–water partition coefficient (Wildman–Crippen LogP) is 2.57. The van der Waals surface area contributed by atoms with Crippen LogP contribution in [0, 0.1) is 5.92 Å². The van der Waals surface area contributed by atoms with Gasteiger partial charge in [0.15, 0.2) is 17.3 Å². The van der Waals surface area contributed by atoms with Crippen LogP contribution in [0.2, 0.25) is 0 Å². The van der Waals surface area contributed by atoms with E-state index in [1.165, 1.54) is 18.9 Å². The molecule has 2 N–H and O–H groups in total. The van der Waals surface area contributed by atoms with Crippen molar-refractivity contribution in [3.05, 3.63) is 30.3 Å². The van der Waals surface area contributed by atoms with E-state index in [1.807, 2.05) is 0 Å². The number of nitrogens with one attached hydrogen (secondary N) is 2. The highest BCUT2D eigenvalue weighted by Gasteiger charge is 2.29. The molecule has 0 radical (unpaired) electrons. The first kappa shape index (κ1) is 19.0. The van der Waals surface area contributed by atoms with Crippen molar-refractivity contribution in [1.82, 2.24) is 10.2 Å². The minimum absolute atomic E-state index is 0.0148. The molecule has 8 nitrogen and oxygen atoms in total. The fourth-order valence-corrected chi connectivity index (χ4v) is 2.90. The molecular formula is C18H20N4O4S. The van der Waals surface area contributed by atoms with Gasteiger partial charge in [-0.25, -0.2) is 0 Å². The molecule has 0 saturated heterocycles. The van der Waals surface area contributed by atoms with Crippen molar-refractivity contribution in [3.8, 4) is 11.5 Å². The zero-order valence-corrected chi connectivity index (χ0v) is 15.8. The van der Waals surface area contributed by atoms with Gasteiger partial charge < -0.3 is 20.1 Å². The molecule has 2 amide bonds. The summed E-state index contributed by atoms with van der Waals surface area (Å²) in [5, 5.41) is 14.1. The molecule has 1 aliphatic rings. The zero-order chi connectivity index (χ0) is 19.2. The van der Waals surface area contributed by atoms with E-state index in [1.54, 1.807) is 37.4 Å². The Kier molecular flexibility index (Phi) is 6.12. The van der Waals surface area contributed by atoms with Gasteiger partial charge in [0, 0.05) is 17.7 Å². The van der Waals surface area contributed by atoms with Gasteiger partial charge in [-0.05, 0) is 37.1 Å². The number of thioether (sulfide) groups is 1. The summed E-state index contributed by atoms with van der Waals surface area (Å²) in [6.45, 7) is 0. The van der Waals surface area contributed by atoms with E-state index in [0.29, 0.717) is 28.0 Å². The molecule has 1 fully saturated rings. The van der Waals surface area contributed by atoms with E-state index in [4.69, 9.17) is 9.47 Å². The topological polar surface area (TPSA) is 102 Å². The molecule has 0 bridgehead atoms. The molecule has 3 rings (SSSR count). The summed E-state index contributed by atoms with van der Waals surface area (Å²) in [5.74, 6) is 1.65. The maximum Gasteiger partial charge on any atom is 0.234 e. The van der Waals surface area contributed by atoms with Crippen molar-refractivity contribution in [2.75, 3.05) is 30.6 Å². The van der Waals surface area contributed by atoms with Gasteiger partial charge in [0.2, 0.25) is 11.8 Å². The lowest BCUT2D eigenvalue weighted by atomic mass is 10.2. The quantitative estimate of drug-likeness (QED) is 0.670. The monoisotopic (exact) mass is 388 g/mol. The lowest BCUT2D eigenvalue weighted by Crippen LogP contribution is -2.15. The Morgan fingerprint density at radius 2 is 1.85 bits per heavy atom. The highest BCUT2D eigenvalue weighted by molar-refractivity contribution is 7.99. The van der Waals surface area contributed by atoms with Gasteiger partial charge in [-0.1, -0.05) is 11.8 Å². The van der Waals surface area contributed by atoms with Crippen molar-refractivity contribution in [3.63, 3.8) is 0 Å². The Labute approximate surface area is 161 Å². The number of nitrogens with zero attached hydrogens (tertiary/aromatic N) is 2. The van der Waals surface area contributed by atoms with Gasteiger partial charge in [0.25, 0.3) is 0 Å². The Balaban J connectivity index is 1.49. The van der Waals surface area contributed by atoms with E-state index < -0.39 is 0 Å². The van der Waals surface area contributed by atoms with Crippen LogP contribution in [0.15, 0.2) is 35.4 Å². The van der Waals surface area contributed by atoms with Gasteiger partial charge in [-0.2, -0.15) is 0 Å². The number of carbonyl (C=O) groups excluding carboxylic acids is 2. The molecule has 1 heterocycles. The van der Waals surface area contributed by atoms with E-state index >= 15 is 0 Å². The van der Waals surface area contributed by atoms with Crippen LogP contribution < -0.4 is 20.1 Å². The highest BCUT2D eigenvalue weighted by atomic mass is 32.2. The van der Waals surface area contributed by atoms with Crippen molar-refractivity contribution < 1.29 is 19.1 Å². The average molecular weight is 388 g/mol. The SMILES string of the molecule is COc1ccc(NC(=O)CSc2ccc(NC(=O)C3CC3)nn2)cc1OC. The third-order valence-corrected chi connectivity index (χ3v) is 4.78. The van der Waals surface area contributed by atoms with E-state index in [2.05, 4.69) is 20.8 Å². The van der Waals surface area contributed by atoms with Crippen LogP contribution in [0.3, 0.4) is 0 Å². The summed E-state index contributed by atoms with van der Waals surface area (Å²) in [4.78, 5) is 23.8. The second kappa shape index (κ2) is 8.72. The van der Waals surface area contributed by atoms with Crippen LogP contribution in [0.5, 0.6) is 11.5 Å². The Morgan fingerprint density at radius 1 is 1.07 bits per heavy atom. The minimum atomic E-state index is -0.180. The predicted molar refractivity (Wildman–Crippen MR) is 102 cm³/mol. The minimum Gasteiger partial charge on any atom is -0.493 e. The molecule has 1 saturated carbocycles. The number of carbonyl (C=O) groups is 2. The third kappa shape index (κ3) is 5.33. The maximum absolute atomic E-state index is 12.1. The molecule has 0 aliphatic heterocycles. The van der Waals surface area contributed by atoms with Crippen LogP contribution >= 0.6 is 11.8 Å². The smallest absolute Gasteiger partial charge is 0.234 e. The van der Waals surface area contributed by atoms with E-state index in [0.717, 1.165) is 12.8 Å². The van der Waals surface area contributed by atoms with Gasteiger partial charge in [-0.3, -0.25) is 9.59 Å². The second-order valence-electron chi connectivity index (χ2n) is 5.93. The third-order valence-electron chi connectivity index (χ3n) is 3.86. The Hall–Kier alpha value is -2.81. The first-order valence-electron chi connectivity index (χ1n) is 8.38. The van der Waals surface area contributed by atoms with Crippen molar-refractivity contribution >= 4 is 35.1 Å². The van der Waals surface area contributed by atoms with Gasteiger partial charge in [0.05, 0.1) is 20.0 Å². The van der Waals surface area contributed by atoms with Crippen LogP contribution in [-0.4, -0.2) is 42.0 Å². The average Bonchev–Trinajstić information content (AvgIpc) is 3.52. The molecule has 27 heavy (non-hydrogen) atoms. The second-order valence-corrected chi connectivity index (χ2v) is 6.92. The number of aromatic nitrogens is 2. The summed E-state index contributed by atoms with van der Waals surface area (Å²) in [6, 6.07) is 8.56. The molecule has 9 heteroatoms. The number of anilines is 2. The zero-order valence-electron chi connectivity index (χ0n) is 15.0. The van der Waals surface area contributed by atoms with Crippen LogP contribution in [0.1, 0.15) is 12.8 Å². The van der Waals surface area contributed by atoms with Crippen molar-refractivity contribution in [1.29, 1.82) is 0 Å². The standard InChI is InChI=1S/C18H20N4O4S/c1-25-13-6-5-12(9-14(13)26-2)19-16(23)10-27-17-8-7-15(21-22-17)20-18(24)11-3-4-11/h5-9,11H,3-4,10H2,1-2H3,(H,19,23)(H,20,21,24). The normalized spacial score (nSPS) is 13.0. The van der Waals surface area contributed by atoms with Crippen molar-refractivity contribution in [2.24, 2.45) is 5.92 Å². The number of hydrogen-bond acceptors (Lipinski definition) is 7. The molecule has 0 spiro atoms. The molecule has 2 aromatic rings. The highest BCUT2D eigenvalue weighted by Crippen LogP contribution is 2.30. The van der Waals surface area contributed by atoms with Gasteiger partial charge in [-0.15, -0.1) is 10.2 Å². The number of amides is 2. The van der Waals surface area contributed by atoms with Crippen LogP contribution in [-0.2, 0) is 9.59 Å². The Morgan fingerprint density at radius 3 is 2.48 bits per heavy atom. The fraction of sp³-hybridized carbons (Fsp3) is 0.333. The molecule has 142 valence electrons. The first-order chi connectivity index (χ1) is 13.1. The summed E-state index contributed by atoms with van der Waals surface area (Å²) in [7, 11) is 3.09. The van der Waals surface area contributed by atoms with E-state index in [9.17, 15) is 9.59 Å². The number of methoxy groups -OCH3 is 2. The van der Waals surface area contributed by atoms with Gasteiger partial charge >= 0.3 is 0 Å². The number of rotatable bonds is 8. The number of benzene rings is 1. The number of ether oxygens (including phenoxy) is 2. The van der Waals surface area contributed by atoms with E-state index in [-0.39, 0.29) is 23.5 Å².